The third-order valence-electron chi connectivity index (χ3n) is 3.08. The molecule has 98 valence electrons. The molecule has 0 bridgehead atoms. The highest BCUT2D eigenvalue weighted by Crippen LogP contribution is 2.26. The van der Waals surface area contributed by atoms with E-state index in [1.807, 2.05) is 13.1 Å². The number of rotatable bonds is 3. The summed E-state index contributed by atoms with van der Waals surface area (Å²) in [5, 5.41) is 3.54. The number of carbonyl (C=O) groups excluding carboxylic acids is 2. The third kappa shape index (κ3) is 2.69. The summed E-state index contributed by atoms with van der Waals surface area (Å²) in [7, 11) is 0. The topological polar surface area (TPSA) is 62.3 Å². The van der Waals surface area contributed by atoms with Crippen molar-refractivity contribution in [3.05, 3.63) is 16.1 Å². The van der Waals surface area contributed by atoms with Gasteiger partial charge in [0.2, 0.25) is 11.8 Å². The van der Waals surface area contributed by atoms with Crippen LogP contribution in [0, 0.1) is 0 Å². The minimum atomic E-state index is -0.0635. The van der Waals surface area contributed by atoms with E-state index in [2.05, 4.69) is 17.2 Å². The first-order valence-electron chi connectivity index (χ1n) is 6.12. The minimum absolute atomic E-state index is 0.0402. The quantitative estimate of drug-likeness (QED) is 0.892. The van der Waals surface area contributed by atoms with Gasteiger partial charge in [-0.15, -0.1) is 11.3 Å². The Bertz CT molecular complexity index is 458. The molecule has 5 nitrogen and oxygen atoms in total. The maximum absolute atomic E-state index is 11.9. The molecule has 1 unspecified atom stereocenters. The maximum Gasteiger partial charge on any atom is 0.242 e. The van der Waals surface area contributed by atoms with Crippen LogP contribution in [-0.2, 0) is 16.0 Å². The maximum atomic E-state index is 11.9. The van der Waals surface area contributed by atoms with Crippen molar-refractivity contribution in [3.8, 4) is 0 Å². The summed E-state index contributed by atoms with van der Waals surface area (Å²) >= 11 is 1.63. The molecule has 18 heavy (non-hydrogen) atoms. The Hall–Kier alpha value is -1.43. The van der Waals surface area contributed by atoms with Crippen molar-refractivity contribution in [2.45, 2.75) is 32.7 Å². The summed E-state index contributed by atoms with van der Waals surface area (Å²) in [5.41, 5.74) is 0. The molecule has 0 radical (unpaired) electrons. The Morgan fingerprint density at radius 1 is 1.56 bits per heavy atom. The predicted octanol–water partition coefficient (Wildman–Crippen LogP) is 1.11. The summed E-state index contributed by atoms with van der Waals surface area (Å²) < 4.78 is 0. The molecule has 2 heterocycles. The van der Waals surface area contributed by atoms with Crippen molar-refractivity contribution < 1.29 is 9.59 Å². The second-order valence-corrected chi connectivity index (χ2v) is 5.45. The number of amides is 2. The molecule has 0 saturated carbocycles. The first-order chi connectivity index (χ1) is 8.61. The average molecular weight is 267 g/mol. The molecular weight excluding hydrogens is 250 g/mol. The lowest BCUT2D eigenvalue weighted by molar-refractivity contribution is -0.132. The molecule has 2 amide bonds. The lowest BCUT2D eigenvalue weighted by atomic mass is 10.2. The van der Waals surface area contributed by atoms with Crippen molar-refractivity contribution in [3.63, 3.8) is 0 Å². The Labute approximate surface area is 110 Å². The largest absolute Gasteiger partial charge is 0.347 e. The van der Waals surface area contributed by atoms with Crippen LogP contribution < -0.4 is 5.32 Å². The van der Waals surface area contributed by atoms with Gasteiger partial charge in [-0.3, -0.25) is 9.59 Å². The monoisotopic (exact) mass is 267 g/mol. The summed E-state index contributed by atoms with van der Waals surface area (Å²) in [4.78, 5) is 30.5. The van der Waals surface area contributed by atoms with Crippen molar-refractivity contribution in [2.75, 3.05) is 13.1 Å². The number of thiazole rings is 1. The van der Waals surface area contributed by atoms with Crippen molar-refractivity contribution >= 4 is 23.2 Å². The van der Waals surface area contributed by atoms with Gasteiger partial charge in [-0.25, -0.2) is 4.98 Å². The number of hydrogen-bond acceptors (Lipinski definition) is 4. The van der Waals surface area contributed by atoms with E-state index in [1.54, 1.807) is 16.2 Å². The molecule has 0 aliphatic carbocycles. The molecule has 1 saturated heterocycles. The van der Waals surface area contributed by atoms with E-state index in [9.17, 15) is 9.59 Å². The highest BCUT2D eigenvalue weighted by Gasteiger charge is 2.26. The van der Waals surface area contributed by atoms with E-state index in [0.717, 1.165) is 11.4 Å². The van der Waals surface area contributed by atoms with Gasteiger partial charge in [0.1, 0.15) is 5.01 Å². The number of aryl methyl sites for hydroxylation is 1. The van der Waals surface area contributed by atoms with Crippen LogP contribution in [0.4, 0.5) is 0 Å². The van der Waals surface area contributed by atoms with Crippen LogP contribution in [0.5, 0.6) is 0 Å². The molecule has 1 aliphatic heterocycles. The first-order valence-corrected chi connectivity index (χ1v) is 6.94. The summed E-state index contributed by atoms with van der Waals surface area (Å²) in [6.45, 7) is 4.61. The molecule has 0 aromatic carbocycles. The fourth-order valence-electron chi connectivity index (χ4n) is 1.93. The lowest BCUT2D eigenvalue weighted by Crippen LogP contribution is -2.36. The smallest absolute Gasteiger partial charge is 0.242 e. The zero-order valence-electron chi connectivity index (χ0n) is 10.6. The zero-order chi connectivity index (χ0) is 13.1. The van der Waals surface area contributed by atoms with E-state index >= 15 is 0 Å². The lowest BCUT2D eigenvalue weighted by Gasteiger charge is -2.25. The van der Waals surface area contributed by atoms with Crippen LogP contribution >= 0.6 is 11.3 Å². The number of carbonyl (C=O) groups is 2. The average Bonchev–Trinajstić information content (AvgIpc) is 2.78. The summed E-state index contributed by atoms with van der Waals surface area (Å²) in [6, 6.07) is -0.0597. The molecule has 0 spiro atoms. The molecule has 1 atom stereocenters. The van der Waals surface area contributed by atoms with E-state index in [1.165, 1.54) is 4.88 Å². The summed E-state index contributed by atoms with van der Waals surface area (Å²) in [5.74, 6) is -0.104. The fraction of sp³-hybridized carbons (Fsp3) is 0.583. The van der Waals surface area contributed by atoms with Crippen LogP contribution in [0.25, 0.3) is 0 Å². The zero-order valence-corrected chi connectivity index (χ0v) is 11.4. The van der Waals surface area contributed by atoms with Gasteiger partial charge < -0.3 is 10.2 Å². The van der Waals surface area contributed by atoms with Crippen LogP contribution in [-0.4, -0.2) is 34.8 Å². The van der Waals surface area contributed by atoms with Gasteiger partial charge >= 0.3 is 0 Å². The van der Waals surface area contributed by atoms with E-state index < -0.39 is 0 Å². The van der Waals surface area contributed by atoms with Crippen LogP contribution in [0.3, 0.4) is 0 Å². The third-order valence-corrected chi connectivity index (χ3v) is 4.39. The molecule has 1 aromatic heterocycles. The Morgan fingerprint density at radius 3 is 3.00 bits per heavy atom. The van der Waals surface area contributed by atoms with Gasteiger partial charge in [-0.05, 0) is 13.3 Å². The summed E-state index contributed by atoms with van der Waals surface area (Å²) in [6.07, 6.45) is 3.18. The second kappa shape index (κ2) is 5.48. The Balaban J connectivity index is 2.13. The van der Waals surface area contributed by atoms with E-state index in [0.29, 0.717) is 13.0 Å². The van der Waals surface area contributed by atoms with Gasteiger partial charge in [0.25, 0.3) is 0 Å². The second-order valence-electron chi connectivity index (χ2n) is 4.31. The van der Waals surface area contributed by atoms with Crippen LogP contribution in [0.2, 0.25) is 0 Å². The van der Waals surface area contributed by atoms with E-state index in [4.69, 9.17) is 0 Å². The van der Waals surface area contributed by atoms with Gasteiger partial charge in [-0.1, -0.05) is 6.92 Å². The number of nitrogens with zero attached hydrogens (tertiary/aromatic N) is 2. The van der Waals surface area contributed by atoms with Gasteiger partial charge in [0, 0.05) is 24.0 Å². The number of aromatic nitrogens is 1. The highest BCUT2D eigenvalue weighted by molar-refractivity contribution is 7.11. The molecule has 1 aromatic rings. The van der Waals surface area contributed by atoms with Gasteiger partial charge in [-0.2, -0.15) is 0 Å². The molecule has 2 rings (SSSR count). The van der Waals surface area contributed by atoms with Crippen LogP contribution in [0.1, 0.15) is 36.2 Å². The standard InChI is InChI=1S/C12H17N3O2S/c1-3-9-6-14-12(18-9)8(2)15-5-4-10(16)13-7-11(15)17/h6,8H,3-5,7H2,1-2H3,(H,13,16). The SMILES string of the molecule is CCc1cnc(C(C)N2CCC(=O)NCC2=O)s1. The fourth-order valence-corrected chi connectivity index (χ4v) is 2.85. The normalized spacial score (nSPS) is 18.4. The molecule has 1 aliphatic rings. The first kappa shape index (κ1) is 13.0. The van der Waals surface area contributed by atoms with E-state index in [-0.39, 0.29) is 24.4 Å². The highest BCUT2D eigenvalue weighted by atomic mass is 32.1. The minimum Gasteiger partial charge on any atom is -0.347 e. The number of hydrogen-bond donors (Lipinski definition) is 1. The molecular formula is C12H17N3O2S. The van der Waals surface area contributed by atoms with Gasteiger partial charge in [0.05, 0.1) is 12.6 Å². The van der Waals surface area contributed by atoms with Crippen molar-refractivity contribution in [2.24, 2.45) is 0 Å². The molecule has 1 N–H and O–H groups in total. The van der Waals surface area contributed by atoms with Gasteiger partial charge in [0.15, 0.2) is 0 Å². The van der Waals surface area contributed by atoms with Crippen molar-refractivity contribution in [1.29, 1.82) is 0 Å². The van der Waals surface area contributed by atoms with Crippen LogP contribution in [0.15, 0.2) is 6.20 Å². The van der Waals surface area contributed by atoms with Crippen molar-refractivity contribution in [1.82, 2.24) is 15.2 Å². The molecule has 6 heteroatoms. The molecule has 1 fully saturated rings. The number of nitrogens with one attached hydrogen (secondary N) is 1. The predicted molar refractivity (Wildman–Crippen MR) is 69.2 cm³/mol. The Kier molecular flexibility index (Phi) is 3.96. The Morgan fingerprint density at radius 2 is 2.33 bits per heavy atom.